The Morgan fingerprint density at radius 2 is 2.15 bits per heavy atom. The molecule has 1 amide bonds. The molecule has 9 heteroatoms. The van der Waals surface area contributed by atoms with Gasteiger partial charge in [-0.3, -0.25) is 10.1 Å². The molecule has 0 atom stereocenters. The number of amides is 1. The number of aromatic nitrogens is 3. The maximum absolute atomic E-state index is 12.0. The summed E-state index contributed by atoms with van der Waals surface area (Å²) in [7, 11) is 0. The van der Waals surface area contributed by atoms with Crippen molar-refractivity contribution in [2.24, 2.45) is 0 Å². The van der Waals surface area contributed by atoms with Crippen molar-refractivity contribution in [1.82, 2.24) is 15.4 Å². The van der Waals surface area contributed by atoms with E-state index in [-0.39, 0.29) is 17.6 Å². The van der Waals surface area contributed by atoms with Gasteiger partial charge in [-0.15, -0.1) is 10.2 Å². The van der Waals surface area contributed by atoms with E-state index >= 15 is 0 Å². The highest BCUT2D eigenvalue weighted by Crippen LogP contribution is 2.28. The molecule has 0 radical (unpaired) electrons. The minimum atomic E-state index is -0.176. The molecule has 0 unspecified atom stereocenters. The van der Waals surface area contributed by atoms with Crippen LogP contribution in [0.1, 0.15) is 31.0 Å². The van der Waals surface area contributed by atoms with Gasteiger partial charge < -0.3 is 9.84 Å². The lowest BCUT2D eigenvalue weighted by Gasteiger charge is -2.02. The van der Waals surface area contributed by atoms with Gasteiger partial charge in [0.25, 0.3) is 0 Å². The summed E-state index contributed by atoms with van der Waals surface area (Å²) >= 11 is 2.73. The standard InChI is InChI=1S/C17H19N5O2S2/c1-10(2)13-8-15(24-22-13)19-14(23)9-25-17-21-20-16(26-17)18-12-6-4-5-11(3)7-12/h4-8,10H,9H2,1-3H3,(H,18,20)(H,19,23). The third-order valence-electron chi connectivity index (χ3n) is 3.39. The second-order valence-corrected chi connectivity index (χ2v) is 8.18. The van der Waals surface area contributed by atoms with Crippen LogP contribution in [0.5, 0.6) is 0 Å². The van der Waals surface area contributed by atoms with E-state index in [9.17, 15) is 4.79 Å². The Kier molecular flexibility index (Phi) is 5.89. The van der Waals surface area contributed by atoms with Gasteiger partial charge in [-0.25, -0.2) is 0 Å². The highest BCUT2D eigenvalue weighted by molar-refractivity contribution is 8.01. The van der Waals surface area contributed by atoms with Crippen LogP contribution in [0.2, 0.25) is 0 Å². The summed E-state index contributed by atoms with van der Waals surface area (Å²) in [6.07, 6.45) is 0. The molecule has 0 aliphatic heterocycles. The number of thioether (sulfide) groups is 1. The Bertz CT molecular complexity index is 891. The summed E-state index contributed by atoms with van der Waals surface area (Å²) in [6, 6.07) is 9.75. The van der Waals surface area contributed by atoms with E-state index < -0.39 is 0 Å². The van der Waals surface area contributed by atoms with Crippen molar-refractivity contribution < 1.29 is 9.32 Å². The third-order valence-corrected chi connectivity index (χ3v) is 5.36. The first-order valence-electron chi connectivity index (χ1n) is 8.06. The first-order valence-corrected chi connectivity index (χ1v) is 9.86. The minimum absolute atomic E-state index is 0.176. The van der Waals surface area contributed by atoms with Crippen LogP contribution >= 0.6 is 23.1 Å². The molecule has 0 spiro atoms. The number of nitrogens with one attached hydrogen (secondary N) is 2. The lowest BCUT2D eigenvalue weighted by molar-refractivity contribution is -0.113. The summed E-state index contributed by atoms with van der Waals surface area (Å²) in [5.74, 6) is 0.652. The van der Waals surface area contributed by atoms with Crippen molar-refractivity contribution in [1.29, 1.82) is 0 Å². The van der Waals surface area contributed by atoms with E-state index in [2.05, 4.69) is 26.0 Å². The molecule has 0 aliphatic rings. The van der Waals surface area contributed by atoms with Gasteiger partial charge in [0, 0.05) is 11.8 Å². The first kappa shape index (κ1) is 18.4. The molecule has 0 aliphatic carbocycles. The number of carbonyl (C=O) groups excluding carboxylic acids is 1. The van der Waals surface area contributed by atoms with E-state index in [0.717, 1.165) is 15.7 Å². The highest BCUT2D eigenvalue weighted by Gasteiger charge is 2.12. The fourth-order valence-corrected chi connectivity index (χ4v) is 3.66. The van der Waals surface area contributed by atoms with Gasteiger partial charge in [-0.2, -0.15) is 0 Å². The SMILES string of the molecule is Cc1cccc(Nc2nnc(SCC(=O)Nc3cc(C(C)C)no3)s2)c1. The van der Waals surface area contributed by atoms with Gasteiger partial charge in [0.05, 0.1) is 11.4 Å². The van der Waals surface area contributed by atoms with Crippen molar-refractivity contribution in [3.63, 3.8) is 0 Å². The van der Waals surface area contributed by atoms with Crippen LogP contribution in [-0.4, -0.2) is 27.0 Å². The molecule has 2 aromatic heterocycles. The highest BCUT2D eigenvalue weighted by atomic mass is 32.2. The zero-order chi connectivity index (χ0) is 18.5. The minimum Gasteiger partial charge on any atom is -0.338 e. The second-order valence-electron chi connectivity index (χ2n) is 5.98. The molecule has 7 nitrogen and oxygen atoms in total. The van der Waals surface area contributed by atoms with Crippen LogP contribution in [0.4, 0.5) is 16.7 Å². The molecule has 0 saturated carbocycles. The molecular formula is C17H19N5O2S2. The van der Waals surface area contributed by atoms with Crippen LogP contribution in [0.3, 0.4) is 0 Å². The van der Waals surface area contributed by atoms with Crippen molar-refractivity contribution in [2.45, 2.75) is 31.0 Å². The smallest absolute Gasteiger partial charge is 0.237 e. The van der Waals surface area contributed by atoms with Crippen LogP contribution in [0.25, 0.3) is 0 Å². The zero-order valence-electron chi connectivity index (χ0n) is 14.6. The van der Waals surface area contributed by atoms with E-state index in [0.29, 0.717) is 11.0 Å². The van der Waals surface area contributed by atoms with Gasteiger partial charge in [0.2, 0.25) is 16.9 Å². The fraction of sp³-hybridized carbons (Fsp3) is 0.294. The molecule has 3 rings (SSSR count). The topological polar surface area (TPSA) is 92.9 Å². The predicted octanol–water partition coefficient (Wildman–Crippen LogP) is 4.43. The van der Waals surface area contributed by atoms with Gasteiger partial charge in [-0.05, 0) is 30.5 Å². The number of benzene rings is 1. The Balaban J connectivity index is 1.50. The lowest BCUT2D eigenvalue weighted by atomic mass is 10.1. The number of hydrogen-bond acceptors (Lipinski definition) is 8. The molecule has 0 saturated heterocycles. The van der Waals surface area contributed by atoms with E-state index in [1.807, 2.05) is 45.0 Å². The van der Waals surface area contributed by atoms with Crippen molar-refractivity contribution in [3.8, 4) is 0 Å². The van der Waals surface area contributed by atoms with Gasteiger partial charge in [0.15, 0.2) is 4.34 Å². The molecule has 2 heterocycles. The Morgan fingerprint density at radius 1 is 1.31 bits per heavy atom. The number of aryl methyl sites for hydroxylation is 1. The maximum atomic E-state index is 12.0. The summed E-state index contributed by atoms with van der Waals surface area (Å²) < 4.78 is 5.82. The summed E-state index contributed by atoms with van der Waals surface area (Å²) in [5.41, 5.74) is 2.93. The Hall–Kier alpha value is -2.39. The van der Waals surface area contributed by atoms with E-state index in [1.165, 1.54) is 28.7 Å². The fourth-order valence-electron chi connectivity index (χ4n) is 2.09. The summed E-state index contributed by atoms with van der Waals surface area (Å²) in [4.78, 5) is 12.0. The molecule has 1 aromatic carbocycles. The summed E-state index contributed by atoms with van der Waals surface area (Å²) in [5, 5.41) is 18.7. The molecule has 2 N–H and O–H groups in total. The number of anilines is 3. The van der Waals surface area contributed by atoms with E-state index in [4.69, 9.17) is 4.52 Å². The molecule has 136 valence electrons. The average Bonchev–Trinajstić information content (AvgIpc) is 3.22. The number of carbonyl (C=O) groups is 1. The second kappa shape index (κ2) is 8.33. The van der Waals surface area contributed by atoms with Crippen LogP contribution < -0.4 is 10.6 Å². The Morgan fingerprint density at radius 3 is 2.88 bits per heavy atom. The molecular weight excluding hydrogens is 370 g/mol. The normalized spacial score (nSPS) is 10.9. The molecule has 26 heavy (non-hydrogen) atoms. The number of rotatable bonds is 7. The molecule has 0 fully saturated rings. The average molecular weight is 390 g/mol. The summed E-state index contributed by atoms with van der Waals surface area (Å²) in [6.45, 7) is 6.05. The third kappa shape index (κ3) is 5.06. The lowest BCUT2D eigenvalue weighted by Crippen LogP contribution is -2.13. The van der Waals surface area contributed by atoms with Crippen molar-refractivity contribution >= 4 is 45.7 Å². The van der Waals surface area contributed by atoms with Crippen molar-refractivity contribution in [3.05, 3.63) is 41.6 Å². The van der Waals surface area contributed by atoms with Crippen LogP contribution in [0, 0.1) is 6.92 Å². The van der Waals surface area contributed by atoms with E-state index in [1.54, 1.807) is 6.07 Å². The van der Waals surface area contributed by atoms with Crippen LogP contribution in [-0.2, 0) is 4.79 Å². The predicted molar refractivity (Wildman–Crippen MR) is 104 cm³/mol. The maximum Gasteiger partial charge on any atom is 0.237 e. The monoisotopic (exact) mass is 389 g/mol. The largest absolute Gasteiger partial charge is 0.338 e. The van der Waals surface area contributed by atoms with Crippen LogP contribution in [0.15, 0.2) is 39.2 Å². The molecule has 0 bridgehead atoms. The molecule has 3 aromatic rings. The van der Waals surface area contributed by atoms with Gasteiger partial charge in [-0.1, -0.05) is 54.2 Å². The van der Waals surface area contributed by atoms with Gasteiger partial charge in [0.1, 0.15) is 0 Å². The quantitative estimate of drug-likeness (QED) is 0.577. The number of hydrogen-bond donors (Lipinski definition) is 2. The zero-order valence-corrected chi connectivity index (χ0v) is 16.3. The Labute approximate surface area is 159 Å². The first-order chi connectivity index (χ1) is 12.5. The number of nitrogens with zero attached hydrogens (tertiary/aromatic N) is 3. The van der Waals surface area contributed by atoms with Crippen molar-refractivity contribution in [2.75, 3.05) is 16.4 Å². The van der Waals surface area contributed by atoms with Gasteiger partial charge >= 0.3 is 0 Å².